The van der Waals surface area contributed by atoms with Crippen LogP contribution in [-0.2, 0) is 9.59 Å². The van der Waals surface area contributed by atoms with Crippen LogP contribution in [0.25, 0.3) is 0 Å². The Bertz CT molecular complexity index is 377. The number of carboxylic acid groups (broad SMARTS) is 1. The molecule has 0 radical (unpaired) electrons. The highest BCUT2D eigenvalue weighted by atomic mass is 16.4. The number of carbonyl (C=O) groups excluding carboxylic acids is 1. The molecule has 20 heavy (non-hydrogen) atoms. The fourth-order valence-corrected chi connectivity index (χ4v) is 3.49. The first-order valence-corrected chi connectivity index (χ1v) is 7.42. The highest BCUT2D eigenvalue weighted by Crippen LogP contribution is 2.37. The van der Waals surface area contributed by atoms with Gasteiger partial charge in [-0.1, -0.05) is 25.7 Å². The third-order valence-corrected chi connectivity index (χ3v) is 4.73. The van der Waals surface area contributed by atoms with Gasteiger partial charge in [0.15, 0.2) is 0 Å². The number of hydrogen-bond donors (Lipinski definition) is 3. The van der Waals surface area contributed by atoms with Crippen molar-refractivity contribution in [1.29, 1.82) is 0 Å². The first kappa shape index (κ1) is 15.3. The molecule has 2 rings (SSSR count). The summed E-state index contributed by atoms with van der Waals surface area (Å²) in [6.07, 6.45) is 4.92. The zero-order valence-electron chi connectivity index (χ0n) is 11.8. The van der Waals surface area contributed by atoms with Crippen LogP contribution < -0.4 is 5.73 Å². The number of nitrogens with zero attached hydrogens (tertiary/aromatic N) is 1. The molecule has 2 fully saturated rings. The van der Waals surface area contributed by atoms with Crippen molar-refractivity contribution in [2.24, 2.45) is 11.1 Å². The molecule has 1 heterocycles. The van der Waals surface area contributed by atoms with Gasteiger partial charge in [-0.25, -0.2) is 4.79 Å². The number of amides is 1. The molecule has 1 amide bonds. The number of carbonyl (C=O) groups is 2. The van der Waals surface area contributed by atoms with Crippen LogP contribution in [0.1, 0.15) is 44.9 Å². The molecule has 6 nitrogen and oxygen atoms in total. The van der Waals surface area contributed by atoms with E-state index < -0.39 is 23.5 Å². The molecular weight excluding hydrogens is 260 g/mol. The van der Waals surface area contributed by atoms with Gasteiger partial charge in [-0.2, -0.15) is 0 Å². The van der Waals surface area contributed by atoms with E-state index in [9.17, 15) is 19.8 Å². The maximum Gasteiger partial charge on any atom is 0.326 e. The minimum atomic E-state index is -1.05. The quantitative estimate of drug-likeness (QED) is 0.648. The molecule has 114 valence electrons. The van der Waals surface area contributed by atoms with Crippen molar-refractivity contribution in [1.82, 2.24) is 4.90 Å². The normalized spacial score (nSPS) is 30.0. The van der Waals surface area contributed by atoms with Crippen LogP contribution in [0, 0.1) is 5.41 Å². The molecule has 2 atom stereocenters. The molecule has 1 aliphatic carbocycles. The molecule has 0 unspecified atom stereocenters. The summed E-state index contributed by atoms with van der Waals surface area (Å²) in [6, 6.07) is -0.913. The number of β-amino-alcohol motifs (C(OH)–C–C–N with tert-alkyl or cyclic N) is 1. The zero-order chi connectivity index (χ0) is 14.8. The first-order valence-electron chi connectivity index (χ1n) is 7.42. The van der Waals surface area contributed by atoms with Gasteiger partial charge in [0.2, 0.25) is 5.91 Å². The van der Waals surface area contributed by atoms with Gasteiger partial charge in [-0.05, 0) is 12.8 Å². The summed E-state index contributed by atoms with van der Waals surface area (Å²) in [5, 5.41) is 18.9. The van der Waals surface area contributed by atoms with E-state index in [4.69, 9.17) is 5.73 Å². The van der Waals surface area contributed by atoms with Gasteiger partial charge in [0.05, 0.1) is 11.5 Å². The van der Waals surface area contributed by atoms with Gasteiger partial charge in [-0.15, -0.1) is 0 Å². The number of aliphatic hydroxyl groups is 1. The highest BCUT2D eigenvalue weighted by Gasteiger charge is 2.47. The van der Waals surface area contributed by atoms with Crippen LogP contribution in [0.15, 0.2) is 0 Å². The van der Waals surface area contributed by atoms with E-state index in [0.717, 1.165) is 38.5 Å². The van der Waals surface area contributed by atoms with Gasteiger partial charge in [0, 0.05) is 19.5 Å². The summed E-state index contributed by atoms with van der Waals surface area (Å²) >= 11 is 0. The van der Waals surface area contributed by atoms with E-state index in [1.807, 2.05) is 0 Å². The number of hydrogen-bond acceptors (Lipinski definition) is 4. The smallest absolute Gasteiger partial charge is 0.326 e. The number of carboxylic acids is 1. The molecule has 1 aliphatic heterocycles. The maximum absolute atomic E-state index is 12.8. The van der Waals surface area contributed by atoms with Crippen LogP contribution in [0.4, 0.5) is 0 Å². The van der Waals surface area contributed by atoms with E-state index in [0.29, 0.717) is 0 Å². The Balaban J connectivity index is 2.20. The van der Waals surface area contributed by atoms with E-state index in [-0.39, 0.29) is 25.4 Å². The first-order chi connectivity index (χ1) is 9.50. The Hall–Kier alpha value is -1.14. The van der Waals surface area contributed by atoms with E-state index in [1.54, 1.807) is 0 Å². The van der Waals surface area contributed by atoms with Gasteiger partial charge < -0.3 is 20.8 Å². The lowest BCUT2D eigenvalue weighted by atomic mass is 9.79. The Morgan fingerprint density at radius 3 is 2.30 bits per heavy atom. The molecule has 0 aromatic rings. The minimum Gasteiger partial charge on any atom is -0.480 e. The van der Waals surface area contributed by atoms with Crippen LogP contribution in [0.2, 0.25) is 0 Å². The Labute approximate surface area is 118 Å². The summed E-state index contributed by atoms with van der Waals surface area (Å²) < 4.78 is 0. The van der Waals surface area contributed by atoms with Gasteiger partial charge in [-0.3, -0.25) is 4.79 Å². The monoisotopic (exact) mass is 284 g/mol. The molecule has 1 saturated heterocycles. The lowest BCUT2D eigenvalue weighted by Crippen LogP contribution is -2.51. The predicted octanol–water partition coefficient (Wildman–Crippen LogP) is 0.332. The fourth-order valence-electron chi connectivity index (χ4n) is 3.49. The molecule has 0 bridgehead atoms. The molecule has 1 saturated carbocycles. The number of aliphatic carboxylic acids is 1. The van der Waals surface area contributed by atoms with Crippen molar-refractivity contribution in [2.45, 2.75) is 57.1 Å². The van der Waals surface area contributed by atoms with Crippen molar-refractivity contribution in [3.63, 3.8) is 0 Å². The second-order valence-electron chi connectivity index (χ2n) is 6.10. The fraction of sp³-hybridized carbons (Fsp3) is 0.857. The summed E-state index contributed by atoms with van der Waals surface area (Å²) in [5.74, 6) is -1.22. The van der Waals surface area contributed by atoms with E-state index in [1.165, 1.54) is 4.90 Å². The summed E-state index contributed by atoms with van der Waals surface area (Å²) in [6.45, 7) is 0.363. The number of likely N-dealkylation sites (tertiary alicyclic amines) is 1. The maximum atomic E-state index is 12.8. The van der Waals surface area contributed by atoms with Crippen molar-refractivity contribution in [2.75, 3.05) is 13.1 Å². The van der Waals surface area contributed by atoms with Crippen LogP contribution in [0.5, 0.6) is 0 Å². The molecular formula is C14H24N2O4. The van der Waals surface area contributed by atoms with Crippen LogP contribution in [0.3, 0.4) is 0 Å². The second kappa shape index (κ2) is 6.10. The SMILES string of the molecule is NCC1(C(=O)N2C[C@H](O)C[C@@H]2C(=O)O)CCCCCC1. The number of nitrogens with two attached hydrogens (primary N) is 1. The average molecular weight is 284 g/mol. The summed E-state index contributed by atoms with van der Waals surface area (Å²) in [5.41, 5.74) is 5.24. The Morgan fingerprint density at radius 1 is 1.20 bits per heavy atom. The van der Waals surface area contributed by atoms with Crippen molar-refractivity contribution in [3.8, 4) is 0 Å². The lowest BCUT2D eigenvalue weighted by molar-refractivity contribution is -0.153. The third kappa shape index (κ3) is 2.81. The highest BCUT2D eigenvalue weighted by molar-refractivity contribution is 5.88. The zero-order valence-corrected chi connectivity index (χ0v) is 11.8. The topological polar surface area (TPSA) is 104 Å². The average Bonchev–Trinajstić information content (AvgIpc) is 2.67. The number of aliphatic hydroxyl groups excluding tert-OH is 1. The van der Waals surface area contributed by atoms with Crippen molar-refractivity contribution < 1.29 is 19.8 Å². The van der Waals surface area contributed by atoms with Crippen molar-refractivity contribution >= 4 is 11.9 Å². The second-order valence-corrected chi connectivity index (χ2v) is 6.10. The predicted molar refractivity (Wildman–Crippen MR) is 73.0 cm³/mol. The van der Waals surface area contributed by atoms with Gasteiger partial charge in [0.1, 0.15) is 6.04 Å². The molecule has 4 N–H and O–H groups in total. The minimum absolute atomic E-state index is 0.109. The molecule has 2 aliphatic rings. The lowest BCUT2D eigenvalue weighted by Gasteiger charge is -2.35. The molecule has 0 spiro atoms. The van der Waals surface area contributed by atoms with E-state index >= 15 is 0 Å². The van der Waals surface area contributed by atoms with Crippen molar-refractivity contribution in [3.05, 3.63) is 0 Å². The van der Waals surface area contributed by atoms with Crippen LogP contribution in [-0.4, -0.2) is 52.2 Å². The Kier molecular flexibility index (Phi) is 4.65. The third-order valence-electron chi connectivity index (χ3n) is 4.73. The van der Waals surface area contributed by atoms with Gasteiger partial charge in [0.25, 0.3) is 0 Å². The standard InChI is InChI=1S/C14H24N2O4/c15-9-14(5-3-1-2-4-6-14)13(20)16-8-10(17)7-11(16)12(18)19/h10-11,17H,1-9,15H2,(H,18,19)/t10-,11-/m1/s1. The molecule has 0 aromatic heterocycles. The summed E-state index contributed by atoms with van der Waals surface area (Å²) in [7, 11) is 0. The van der Waals surface area contributed by atoms with Crippen LogP contribution >= 0.6 is 0 Å². The number of rotatable bonds is 3. The van der Waals surface area contributed by atoms with E-state index in [2.05, 4.69) is 0 Å². The summed E-state index contributed by atoms with van der Waals surface area (Å²) in [4.78, 5) is 25.4. The Morgan fingerprint density at radius 2 is 1.80 bits per heavy atom. The molecule has 6 heteroatoms. The van der Waals surface area contributed by atoms with Gasteiger partial charge >= 0.3 is 5.97 Å². The largest absolute Gasteiger partial charge is 0.480 e. The molecule has 0 aromatic carbocycles.